The van der Waals surface area contributed by atoms with Crippen molar-refractivity contribution in [2.75, 3.05) is 17.2 Å². The normalized spacial score (nSPS) is 13.0. The summed E-state index contributed by atoms with van der Waals surface area (Å²) in [4.78, 5) is 13.1. The molecular weight excluding hydrogens is 389 g/mol. The number of carbonyl (C=O) groups excluding carboxylic acids is 1. The van der Waals surface area contributed by atoms with Gasteiger partial charge in [-0.05, 0) is 72.4 Å². The lowest BCUT2D eigenvalue weighted by molar-refractivity contribution is -0.137. The van der Waals surface area contributed by atoms with Gasteiger partial charge < -0.3 is 10.6 Å². The van der Waals surface area contributed by atoms with Gasteiger partial charge in [-0.3, -0.25) is 4.79 Å². The van der Waals surface area contributed by atoms with Gasteiger partial charge in [0.15, 0.2) is 0 Å². The second-order valence-corrected chi connectivity index (χ2v) is 7.47. The van der Waals surface area contributed by atoms with Crippen LogP contribution >= 0.6 is 0 Å². The average Bonchev–Trinajstić information content (AvgIpc) is 3.19. The number of halogens is 3. The molecule has 1 aliphatic heterocycles. The largest absolute Gasteiger partial charge is 0.416 e. The molecular formula is C24H21F3N2O. The maximum Gasteiger partial charge on any atom is 0.416 e. The summed E-state index contributed by atoms with van der Waals surface area (Å²) < 4.78 is 38.6. The molecule has 0 fully saturated rings. The maximum absolute atomic E-state index is 13.1. The Hall–Kier alpha value is -3.28. The Bertz CT molecular complexity index is 1120. The molecule has 154 valence electrons. The smallest absolute Gasteiger partial charge is 0.384 e. The van der Waals surface area contributed by atoms with Crippen LogP contribution in [0.4, 0.5) is 24.5 Å². The van der Waals surface area contributed by atoms with Crippen molar-refractivity contribution < 1.29 is 18.0 Å². The van der Waals surface area contributed by atoms with Gasteiger partial charge in [0.1, 0.15) is 0 Å². The average molecular weight is 410 g/mol. The standard InChI is InChI=1S/C24H21F3N2O/c1-14-13-21-18(11-12-28-21)15(2)22(14)29-23(30)20-6-4-3-5-19(20)16-7-9-17(10-8-16)24(25,26)27/h3-10,13,28H,11-12H2,1-2H3,(H,29,30). The molecule has 0 saturated heterocycles. The van der Waals surface area contributed by atoms with Crippen LogP contribution in [-0.4, -0.2) is 12.5 Å². The van der Waals surface area contributed by atoms with Crippen molar-refractivity contribution in [1.29, 1.82) is 0 Å². The number of nitrogens with one attached hydrogen (secondary N) is 2. The summed E-state index contributed by atoms with van der Waals surface area (Å²) in [6, 6.07) is 13.8. The third-order valence-electron chi connectivity index (χ3n) is 5.53. The summed E-state index contributed by atoms with van der Waals surface area (Å²) in [7, 11) is 0. The molecule has 3 aromatic carbocycles. The summed E-state index contributed by atoms with van der Waals surface area (Å²) in [6.07, 6.45) is -3.49. The fourth-order valence-electron chi connectivity index (χ4n) is 3.97. The van der Waals surface area contributed by atoms with Crippen molar-refractivity contribution in [3.8, 4) is 11.1 Å². The summed E-state index contributed by atoms with van der Waals surface area (Å²) in [5.74, 6) is -0.289. The highest BCUT2D eigenvalue weighted by Gasteiger charge is 2.30. The molecule has 0 aliphatic carbocycles. The number of carbonyl (C=O) groups is 1. The monoisotopic (exact) mass is 410 g/mol. The number of hydrogen-bond acceptors (Lipinski definition) is 2. The Morgan fingerprint density at radius 2 is 1.73 bits per heavy atom. The van der Waals surface area contributed by atoms with Crippen LogP contribution in [0.5, 0.6) is 0 Å². The van der Waals surface area contributed by atoms with E-state index in [2.05, 4.69) is 10.6 Å². The topological polar surface area (TPSA) is 41.1 Å². The lowest BCUT2D eigenvalue weighted by Crippen LogP contribution is -2.15. The van der Waals surface area contributed by atoms with E-state index in [1.807, 2.05) is 19.9 Å². The van der Waals surface area contributed by atoms with Crippen molar-refractivity contribution >= 4 is 17.3 Å². The van der Waals surface area contributed by atoms with Gasteiger partial charge in [0.2, 0.25) is 0 Å². The first-order valence-corrected chi connectivity index (χ1v) is 9.70. The molecule has 3 aromatic rings. The van der Waals surface area contributed by atoms with Gasteiger partial charge in [-0.1, -0.05) is 30.3 Å². The fourth-order valence-corrected chi connectivity index (χ4v) is 3.97. The molecule has 0 bridgehead atoms. The molecule has 0 aromatic heterocycles. The lowest BCUT2D eigenvalue weighted by Gasteiger charge is -2.17. The van der Waals surface area contributed by atoms with Crippen LogP contribution in [-0.2, 0) is 12.6 Å². The number of fused-ring (bicyclic) bond motifs is 1. The Balaban J connectivity index is 1.67. The van der Waals surface area contributed by atoms with E-state index in [-0.39, 0.29) is 5.91 Å². The number of hydrogen-bond donors (Lipinski definition) is 2. The first kappa shape index (κ1) is 20.0. The number of amides is 1. The van der Waals surface area contributed by atoms with E-state index in [1.165, 1.54) is 17.7 Å². The van der Waals surface area contributed by atoms with Crippen LogP contribution in [0.2, 0.25) is 0 Å². The number of rotatable bonds is 3. The van der Waals surface area contributed by atoms with Crippen molar-refractivity contribution in [1.82, 2.24) is 0 Å². The van der Waals surface area contributed by atoms with E-state index in [9.17, 15) is 18.0 Å². The minimum Gasteiger partial charge on any atom is -0.384 e. The van der Waals surface area contributed by atoms with E-state index >= 15 is 0 Å². The third-order valence-corrected chi connectivity index (χ3v) is 5.53. The molecule has 0 atom stereocenters. The molecule has 6 heteroatoms. The van der Waals surface area contributed by atoms with Crippen LogP contribution in [0.15, 0.2) is 54.6 Å². The highest BCUT2D eigenvalue weighted by Crippen LogP contribution is 2.35. The highest BCUT2D eigenvalue weighted by atomic mass is 19.4. The molecule has 3 nitrogen and oxygen atoms in total. The fraction of sp³-hybridized carbons (Fsp3) is 0.208. The number of benzene rings is 3. The SMILES string of the molecule is Cc1cc2c(c(C)c1NC(=O)c1ccccc1-c1ccc(C(F)(F)F)cc1)CCN2. The minimum absolute atomic E-state index is 0.289. The first-order chi connectivity index (χ1) is 14.3. The second kappa shape index (κ2) is 7.52. The van der Waals surface area contributed by atoms with Crippen LogP contribution in [0.25, 0.3) is 11.1 Å². The predicted octanol–water partition coefficient (Wildman–Crippen LogP) is 6.21. The van der Waals surface area contributed by atoms with E-state index in [1.54, 1.807) is 24.3 Å². The van der Waals surface area contributed by atoms with Crippen molar-refractivity contribution in [3.05, 3.63) is 82.4 Å². The van der Waals surface area contributed by atoms with Crippen LogP contribution in [0.3, 0.4) is 0 Å². The van der Waals surface area contributed by atoms with E-state index < -0.39 is 11.7 Å². The highest BCUT2D eigenvalue weighted by molar-refractivity contribution is 6.09. The van der Waals surface area contributed by atoms with Crippen LogP contribution < -0.4 is 10.6 Å². The Kier molecular flexibility index (Phi) is 5.02. The summed E-state index contributed by atoms with van der Waals surface area (Å²) in [6.45, 7) is 4.82. The zero-order valence-corrected chi connectivity index (χ0v) is 16.7. The molecule has 1 heterocycles. The quantitative estimate of drug-likeness (QED) is 0.539. The Labute approximate surface area is 172 Å². The molecule has 30 heavy (non-hydrogen) atoms. The molecule has 2 N–H and O–H groups in total. The Morgan fingerprint density at radius 3 is 2.43 bits per heavy atom. The van der Waals surface area contributed by atoms with Gasteiger partial charge in [0.05, 0.1) is 5.56 Å². The molecule has 1 amide bonds. The first-order valence-electron chi connectivity index (χ1n) is 9.70. The minimum atomic E-state index is -4.40. The van der Waals surface area contributed by atoms with Crippen LogP contribution in [0.1, 0.15) is 32.6 Å². The van der Waals surface area contributed by atoms with Gasteiger partial charge in [-0.15, -0.1) is 0 Å². The summed E-state index contributed by atoms with van der Waals surface area (Å²) in [5, 5.41) is 6.37. The predicted molar refractivity (Wildman–Crippen MR) is 113 cm³/mol. The molecule has 1 aliphatic rings. The lowest BCUT2D eigenvalue weighted by atomic mass is 9.97. The number of aryl methyl sites for hydroxylation is 1. The van der Waals surface area contributed by atoms with Gasteiger partial charge >= 0.3 is 6.18 Å². The van der Waals surface area contributed by atoms with Crippen molar-refractivity contribution in [2.24, 2.45) is 0 Å². The van der Waals surface area contributed by atoms with Crippen molar-refractivity contribution in [3.63, 3.8) is 0 Å². The molecule has 0 unspecified atom stereocenters. The number of alkyl halides is 3. The van der Waals surface area contributed by atoms with E-state index in [0.29, 0.717) is 16.7 Å². The van der Waals surface area contributed by atoms with E-state index in [4.69, 9.17) is 0 Å². The molecule has 0 saturated carbocycles. The van der Waals surface area contributed by atoms with Crippen molar-refractivity contribution in [2.45, 2.75) is 26.4 Å². The summed E-state index contributed by atoms with van der Waals surface area (Å²) >= 11 is 0. The molecule has 0 spiro atoms. The molecule has 4 rings (SSSR count). The Morgan fingerprint density at radius 1 is 1.03 bits per heavy atom. The van der Waals surface area contributed by atoms with Gasteiger partial charge in [0, 0.05) is 23.5 Å². The third kappa shape index (κ3) is 3.65. The van der Waals surface area contributed by atoms with Gasteiger partial charge in [-0.25, -0.2) is 0 Å². The second-order valence-electron chi connectivity index (χ2n) is 7.47. The van der Waals surface area contributed by atoms with Gasteiger partial charge in [0.25, 0.3) is 5.91 Å². The number of anilines is 2. The zero-order valence-electron chi connectivity index (χ0n) is 16.7. The van der Waals surface area contributed by atoms with Crippen LogP contribution in [0, 0.1) is 13.8 Å². The van der Waals surface area contributed by atoms with Gasteiger partial charge in [-0.2, -0.15) is 13.2 Å². The maximum atomic E-state index is 13.1. The summed E-state index contributed by atoms with van der Waals surface area (Å²) in [5.41, 5.74) is 5.92. The zero-order chi connectivity index (χ0) is 21.5. The van der Waals surface area contributed by atoms with E-state index in [0.717, 1.165) is 47.6 Å². The molecule has 0 radical (unpaired) electrons.